The second-order valence-electron chi connectivity index (χ2n) is 6.12. The van der Waals surface area contributed by atoms with E-state index < -0.39 is 0 Å². The van der Waals surface area contributed by atoms with E-state index in [-0.39, 0.29) is 0 Å². The lowest BCUT2D eigenvalue weighted by atomic mass is 9.93. The van der Waals surface area contributed by atoms with Gasteiger partial charge in [-0.25, -0.2) is 0 Å². The summed E-state index contributed by atoms with van der Waals surface area (Å²) < 4.78 is 0. The molecule has 0 aromatic heterocycles. The lowest BCUT2D eigenvalue weighted by Gasteiger charge is -2.41. The first-order chi connectivity index (χ1) is 9.36. The van der Waals surface area contributed by atoms with Crippen molar-refractivity contribution in [1.82, 2.24) is 10.2 Å². The van der Waals surface area contributed by atoms with E-state index in [4.69, 9.17) is 0 Å². The second kappa shape index (κ2) is 6.06. The Balaban J connectivity index is 1.64. The topological polar surface area (TPSA) is 15.3 Å². The molecule has 19 heavy (non-hydrogen) atoms. The van der Waals surface area contributed by atoms with E-state index >= 15 is 0 Å². The molecule has 1 aromatic carbocycles. The van der Waals surface area contributed by atoms with Crippen molar-refractivity contribution in [2.24, 2.45) is 0 Å². The zero-order chi connectivity index (χ0) is 13.1. The second-order valence-corrected chi connectivity index (χ2v) is 6.12. The van der Waals surface area contributed by atoms with Gasteiger partial charge in [-0.15, -0.1) is 0 Å². The number of hydrogen-bond acceptors (Lipinski definition) is 2. The number of rotatable bonds is 5. The minimum Gasteiger partial charge on any atom is -0.310 e. The first-order valence-electron chi connectivity index (χ1n) is 7.91. The molecule has 0 amide bonds. The first-order valence-corrected chi connectivity index (χ1v) is 7.91. The van der Waals surface area contributed by atoms with Crippen molar-refractivity contribution < 1.29 is 0 Å². The van der Waals surface area contributed by atoms with Crippen LogP contribution in [0, 0.1) is 0 Å². The summed E-state index contributed by atoms with van der Waals surface area (Å²) in [5.41, 5.74) is 1.45. The molecule has 1 aliphatic carbocycles. The molecule has 2 heteroatoms. The first kappa shape index (κ1) is 13.1. The highest BCUT2D eigenvalue weighted by Gasteiger charge is 2.33. The zero-order valence-corrected chi connectivity index (χ0v) is 12.0. The SMILES string of the molecule is CCC1C(NC2CC2)CCCN1Cc1ccccc1. The highest BCUT2D eigenvalue weighted by molar-refractivity contribution is 5.15. The van der Waals surface area contributed by atoms with Gasteiger partial charge < -0.3 is 5.32 Å². The Labute approximate surface area is 117 Å². The van der Waals surface area contributed by atoms with Gasteiger partial charge in [0.15, 0.2) is 0 Å². The molecule has 2 unspecified atom stereocenters. The molecular weight excluding hydrogens is 232 g/mol. The van der Waals surface area contributed by atoms with E-state index in [0.717, 1.165) is 24.7 Å². The highest BCUT2D eigenvalue weighted by Crippen LogP contribution is 2.27. The molecule has 2 fully saturated rings. The lowest BCUT2D eigenvalue weighted by Crippen LogP contribution is -2.53. The van der Waals surface area contributed by atoms with Crippen LogP contribution in [-0.2, 0) is 6.54 Å². The van der Waals surface area contributed by atoms with E-state index in [1.807, 2.05) is 0 Å². The molecule has 3 rings (SSSR count). The van der Waals surface area contributed by atoms with Gasteiger partial charge in [-0.05, 0) is 44.2 Å². The minimum atomic E-state index is 0.717. The average Bonchev–Trinajstić information content (AvgIpc) is 3.24. The molecule has 2 nitrogen and oxygen atoms in total. The summed E-state index contributed by atoms with van der Waals surface area (Å²) in [6.07, 6.45) is 6.75. The Bertz CT molecular complexity index is 386. The Hall–Kier alpha value is -0.860. The molecule has 1 saturated heterocycles. The molecule has 0 bridgehead atoms. The van der Waals surface area contributed by atoms with E-state index in [2.05, 4.69) is 47.5 Å². The summed E-state index contributed by atoms with van der Waals surface area (Å²) in [5, 5.41) is 3.87. The van der Waals surface area contributed by atoms with Gasteiger partial charge in [0.25, 0.3) is 0 Å². The van der Waals surface area contributed by atoms with Crippen LogP contribution in [0.2, 0.25) is 0 Å². The Morgan fingerprint density at radius 2 is 1.95 bits per heavy atom. The quantitative estimate of drug-likeness (QED) is 0.872. The largest absolute Gasteiger partial charge is 0.310 e. The third-order valence-corrected chi connectivity index (χ3v) is 4.57. The smallest absolute Gasteiger partial charge is 0.0250 e. The van der Waals surface area contributed by atoms with Crippen molar-refractivity contribution in [1.29, 1.82) is 0 Å². The van der Waals surface area contributed by atoms with Crippen molar-refractivity contribution in [2.45, 2.75) is 63.7 Å². The molecule has 0 radical (unpaired) electrons. The maximum absolute atomic E-state index is 3.87. The normalized spacial score (nSPS) is 28.5. The molecule has 1 N–H and O–H groups in total. The molecule has 1 aliphatic heterocycles. The Morgan fingerprint density at radius 1 is 1.16 bits per heavy atom. The number of benzene rings is 1. The van der Waals surface area contributed by atoms with E-state index in [1.165, 1.54) is 44.2 Å². The minimum absolute atomic E-state index is 0.717. The van der Waals surface area contributed by atoms with Crippen molar-refractivity contribution in [3.05, 3.63) is 35.9 Å². The Kier molecular flexibility index (Phi) is 4.19. The van der Waals surface area contributed by atoms with Gasteiger partial charge in [-0.3, -0.25) is 4.90 Å². The van der Waals surface area contributed by atoms with Crippen molar-refractivity contribution >= 4 is 0 Å². The maximum atomic E-state index is 3.87. The summed E-state index contributed by atoms with van der Waals surface area (Å²) >= 11 is 0. The van der Waals surface area contributed by atoms with Crippen LogP contribution in [0.4, 0.5) is 0 Å². The summed E-state index contributed by atoms with van der Waals surface area (Å²) in [6, 6.07) is 13.2. The lowest BCUT2D eigenvalue weighted by molar-refractivity contribution is 0.1000. The summed E-state index contributed by atoms with van der Waals surface area (Å²) in [7, 11) is 0. The maximum Gasteiger partial charge on any atom is 0.0250 e. The van der Waals surface area contributed by atoms with Gasteiger partial charge in [0, 0.05) is 24.7 Å². The van der Waals surface area contributed by atoms with Crippen molar-refractivity contribution in [3.8, 4) is 0 Å². The molecule has 2 aliphatic rings. The molecule has 1 heterocycles. The third kappa shape index (κ3) is 3.37. The van der Waals surface area contributed by atoms with Gasteiger partial charge >= 0.3 is 0 Å². The van der Waals surface area contributed by atoms with Crippen LogP contribution < -0.4 is 5.32 Å². The number of nitrogens with one attached hydrogen (secondary N) is 1. The number of piperidine rings is 1. The number of nitrogens with zero attached hydrogens (tertiary/aromatic N) is 1. The van der Waals surface area contributed by atoms with Gasteiger partial charge in [0.1, 0.15) is 0 Å². The highest BCUT2D eigenvalue weighted by atomic mass is 15.2. The van der Waals surface area contributed by atoms with Gasteiger partial charge in [-0.1, -0.05) is 37.3 Å². The van der Waals surface area contributed by atoms with Crippen LogP contribution in [0.3, 0.4) is 0 Å². The van der Waals surface area contributed by atoms with E-state index in [9.17, 15) is 0 Å². The van der Waals surface area contributed by atoms with Gasteiger partial charge in [-0.2, -0.15) is 0 Å². The van der Waals surface area contributed by atoms with Crippen LogP contribution in [0.15, 0.2) is 30.3 Å². The molecule has 1 saturated carbocycles. The van der Waals surface area contributed by atoms with E-state index in [1.54, 1.807) is 0 Å². The van der Waals surface area contributed by atoms with Crippen LogP contribution in [0.25, 0.3) is 0 Å². The third-order valence-electron chi connectivity index (χ3n) is 4.57. The zero-order valence-electron chi connectivity index (χ0n) is 12.0. The van der Waals surface area contributed by atoms with Crippen molar-refractivity contribution in [2.75, 3.05) is 6.54 Å². The molecule has 104 valence electrons. The fourth-order valence-corrected chi connectivity index (χ4v) is 3.43. The van der Waals surface area contributed by atoms with Gasteiger partial charge in [0.2, 0.25) is 0 Å². The van der Waals surface area contributed by atoms with Gasteiger partial charge in [0.05, 0.1) is 0 Å². The number of likely N-dealkylation sites (tertiary alicyclic amines) is 1. The van der Waals surface area contributed by atoms with Crippen LogP contribution in [0.1, 0.15) is 44.6 Å². The molecule has 2 atom stereocenters. The fraction of sp³-hybridized carbons (Fsp3) is 0.647. The average molecular weight is 258 g/mol. The fourth-order valence-electron chi connectivity index (χ4n) is 3.43. The molecule has 1 aromatic rings. The Morgan fingerprint density at radius 3 is 2.63 bits per heavy atom. The monoisotopic (exact) mass is 258 g/mol. The summed E-state index contributed by atoms with van der Waals surface area (Å²) in [4.78, 5) is 2.69. The summed E-state index contributed by atoms with van der Waals surface area (Å²) in [6.45, 7) is 4.72. The summed E-state index contributed by atoms with van der Waals surface area (Å²) in [5.74, 6) is 0. The predicted molar refractivity (Wildman–Crippen MR) is 80.1 cm³/mol. The van der Waals surface area contributed by atoms with E-state index in [0.29, 0.717) is 0 Å². The van der Waals surface area contributed by atoms with Crippen LogP contribution in [0.5, 0.6) is 0 Å². The molecular formula is C17H26N2. The molecule has 0 spiro atoms. The van der Waals surface area contributed by atoms with Crippen LogP contribution in [-0.4, -0.2) is 29.6 Å². The van der Waals surface area contributed by atoms with Crippen LogP contribution >= 0.6 is 0 Å². The predicted octanol–water partition coefficient (Wildman–Crippen LogP) is 3.18. The van der Waals surface area contributed by atoms with Crippen molar-refractivity contribution in [3.63, 3.8) is 0 Å². The number of hydrogen-bond donors (Lipinski definition) is 1. The standard InChI is InChI=1S/C17H26N2/c1-2-17-16(18-15-10-11-15)9-6-12-19(17)13-14-7-4-3-5-8-14/h3-5,7-8,15-18H,2,6,9-13H2,1H3.